The normalized spacial score (nSPS) is 12.4. The molecule has 0 saturated heterocycles. The topological polar surface area (TPSA) is 43.1 Å². The van der Waals surface area contributed by atoms with Gasteiger partial charge in [0.25, 0.3) is 0 Å². The summed E-state index contributed by atoms with van der Waals surface area (Å²) in [4.78, 5) is 12.0. The molecular formula is C15H23NO. The maximum Gasteiger partial charge on any atom is 0.141 e. The molecule has 0 fully saturated rings. The standard InChI is InChI=1S/C15H23NO/c1-3-5-14(11-16)15(17)10-13-8-6-12(4-2)7-9-13/h6-9,14H,3-5,10-11,16H2,1-2H3. The van der Waals surface area contributed by atoms with Gasteiger partial charge in [0.05, 0.1) is 0 Å². The maximum absolute atomic E-state index is 12.0. The highest BCUT2D eigenvalue weighted by Gasteiger charge is 2.15. The number of benzene rings is 1. The molecule has 0 aliphatic heterocycles. The summed E-state index contributed by atoms with van der Waals surface area (Å²) < 4.78 is 0. The molecule has 1 aromatic rings. The minimum atomic E-state index is 0.0332. The molecule has 0 bridgehead atoms. The Morgan fingerprint density at radius 2 is 1.76 bits per heavy atom. The third-order valence-corrected chi connectivity index (χ3v) is 3.19. The molecule has 0 heterocycles. The Hall–Kier alpha value is -1.15. The van der Waals surface area contributed by atoms with Gasteiger partial charge < -0.3 is 5.73 Å². The van der Waals surface area contributed by atoms with Gasteiger partial charge in [-0.2, -0.15) is 0 Å². The zero-order valence-corrected chi connectivity index (χ0v) is 10.9. The molecule has 1 atom stereocenters. The van der Waals surface area contributed by atoms with Gasteiger partial charge in [-0.3, -0.25) is 4.79 Å². The van der Waals surface area contributed by atoms with Crippen molar-refractivity contribution in [3.8, 4) is 0 Å². The molecule has 1 unspecified atom stereocenters. The van der Waals surface area contributed by atoms with Gasteiger partial charge in [0.15, 0.2) is 0 Å². The summed E-state index contributed by atoms with van der Waals surface area (Å²) in [5, 5.41) is 0. The van der Waals surface area contributed by atoms with Gasteiger partial charge in [0, 0.05) is 18.9 Å². The smallest absolute Gasteiger partial charge is 0.141 e. The molecule has 2 nitrogen and oxygen atoms in total. The first kappa shape index (κ1) is 13.9. The number of carbonyl (C=O) groups is 1. The Labute approximate surface area is 104 Å². The van der Waals surface area contributed by atoms with Crippen LogP contribution < -0.4 is 5.73 Å². The van der Waals surface area contributed by atoms with Gasteiger partial charge in [-0.1, -0.05) is 44.5 Å². The fourth-order valence-electron chi connectivity index (χ4n) is 2.00. The van der Waals surface area contributed by atoms with E-state index in [1.807, 2.05) is 0 Å². The molecular weight excluding hydrogens is 210 g/mol. The minimum Gasteiger partial charge on any atom is -0.330 e. The zero-order chi connectivity index (χ0) is 12.7. The summed E-state index contributed by atoms with van der Waals surface area (Å²) in [5.41, 5.74) is 8.05. The van der Waals surface area contributed by atoms with Crippen LogP contribution in [0.15, 0.2) is 24.3 Å². The number of carbonyl (C=O) groups excluding carboxylic acids is 1. The quantitative estimate of drug-likeness (QED) is 0.787. The van der Waals surface area contributed by atoms with E-state index in [0.717, 1.165) is 24.8 Å². The Morgan fingerprint density at radius 3 is 2.24 bits per heavy atom. The Morgan fingerprint density at radius 1 is 1.18 bits per heavy atom. The minimum absolute atomic E-state index is 0.0332. The lowest BCUT2D eigenvalue weighted by Crippen LogP contribution is -2.25. The second kappa shape index (κ2) is 7.23. The van der Waals surface area contributed by atoms with Crippen molar-refractivity contribution in [2.75, 3.05) is 6.54 Å². The summed E-state index contributed by atoms with van der Waals surface area (Å²) in [7, 11) is 0. The van der Waals surface area contributed by atoms with Crippen LogP contribution in [0.3, 0.4) is 0 Å². The number of hydrogen-bond donors (Lipinski definition) is 1. The van der Waals surface area contributed by atoms with E-state index in [9.17, 15) is 4.79 Å². The lowest BCUT2D eigenvalue weighted by Gasteiger charge is -2.12. The molecule has 0 aliphatic carbocycles. The summed E-state index contributed by atoms with van der Waals surface area (Å²) >= 11 is 0. The number of ketones is 1. The highest BCUT2D eigenvalue weighted by atomic mass is 16.1. The fourth-order valence-corrected chi connectivity index (χ4v) is 2.00. The predicted octanol–water partition coefficient (Wildman–Crippen LogP) is 2.74. The monoisotopic (exact) mass is 233 g/mol. The summed E-state index contributed by atoms with van der Waals surface area (Å²) in [5.74, 6) is 0.310. The average Bonchev–Trinajstić information content (AvgIpc) is 2.36. The van der Waals surface area contributed by atoms with Gasteiger partial charge >= 0.3 is 0 Å². The van der Waals surface area contributed by atoms with Crippen molar-refractivity contribution in [1.29, 1.82) is 0 Å². The SMILES string of the molecule is CCCC(CN)C(=O)Cc1ccc(CC)cc1. The van der Waals surface area contributed by atoms with Gasteiger partial charge in [0.1, 0.15) is 5.78 Å². The maximum atomic E-state index is 12.0. The second-order valence-electron chi connectivity index (χ2n) is 4.53. The van der Waals surface area contributed by atoms with Gasteiger partial charge in [-0.15, -0.1) is 0 Å². The Bertz CT molecular complexity index is 342. The highest BCUT2D eigenvalue weighted by Crippen LogP contribution is 2.12. The first-order chi connectivity index (χ1) is 8.21. The van der Waals surface area contributed by atoms with Crippen molar-refractivity contribution in [3.63, 3.8) is 0 Å². The van der Waals surface area contributed by atoms with Crippen LogP contribution >= 0.6 is 0 Å². The fraction of sp³-hybridized carbons (Fsp3) is 0.533. The van der Waals surface area contributed by atoms with E-state index >= 15 is 0 Å². The molecule has 1 rings (SSSR count). The predicted molar refractivity (Wildman–Crippen MR) is 72.0 cm³/mol. The second-order valence-corrected chi connectivity index (χ2v) is 4.53. The third-order valence-electron chi connectivity index (χ3n) is 3.19. The number of Topliss-reactive ketones (excluding diaryl/α,β-unsaturated/α-hetero) is 1. The molecule has 2 N–H and O–H groups in total. The van der Waals surface area contributed by atoms with Crippen LogP contribution in [0.4, 0.5) is 0 Å². The molecule has 1 aromatic carbocycles. The van der Waals surface area contributed by atoms with Crippen molar-refractivity contribution in [1.82, 2.24) is 0 Å². The van der Waals surface area contributed by atoms with Gasteiger partial charge in [-0.25, -0.2) is 0 Å². The molecule has 0 saturated carbocycles. The van der Waals surface area contributed by atoms with E-state index < -0.39 is 0 Å². The van der Waals surface area contributed by atoms with E-state index in [4.69, 9.17) is 5.73 Å². The number of hydrogen-bond acceptors (Lipinski definition) is 2. The van der Waals surface area contributed by atoms with Gasteiger partial charge in [0.2, 0.25) is 0 Å². The van der Waals surface area contributed by atoms with Crippen LogP contribution in [-0.4, -0.2) is 12.3 Å². The van der Waals surface area contributed by atoms with Crippen LogP contribution in [0.1, 0.15) is 37.8 Å². The molecule has 0 aromatic heterocycles. The Balaban J connectivity index is 2.59. The number of rotatable bonds is 7. The van der Waals surface area contributed by atoms with Crippen molar-refractivity contribution in [2.45, 2.75) is 39.5 Å². The van der Waals surface area contributed by atoms with Gasteiger partial charge in [-0.05, 0) is 24.0 Å². The summed E-state index contributed by atoms with van der Waals surface area (Å²) in [6, 6.07) is 8.30. The third kappa shape index (κ3) is 4.31. The van der Waals surface area contributed by atoms with Crippen molar-refractivity contribution in [3.05, 3.63) is 35.4 Å². The van der Waals surface area contributed by atoms with Crippen molar-refractivity contribution < 1.29 is 4.79 Å². The van der Waals surface area contributed by atoms with E-state index in [1.54, 1.807) is 0 Å². The zero-order valence-electron chi connectivity index (χ0n) is 10.9. The van der Waals surface area contributed by atoms with E-state index in [1.165, 1.54) is 5.56 Å². The first-order valence-electron chi connectivity index (χ1n) is 6.51. The molecule has 2 heteroatoms. The summed E-state index contributed by atoms with van der Waals surface area (Å²) in [6.45, 7) is 4.69. The highest BCUT2D eigenvalue weighted by molar-refractivity contribution is 5.83. The van der Waals surface area contributed by atoms with Crippen LogP contribution in [0.5, 0.6) is 0 Å². The molecule has 94 valence electrons. The Kier molecular flexibility index (Phi) is 5.92. The molecule has 0 aliphatic rings. The van der Waals surface area contributed by atoms with E-state index in [-0.39, 0.29) is 11.7 Å². The lowest BCUT2D eigenvalue weighted by atomic mass is 9.93. The van der Waals surface area contributed by atoms with Crippen LogP contribution in [-0.2, 0) is 17.6 Å². The lowest BCUT2D eigenvalue weighted by molar-refractivity contribution is -0.122. The van der Waals surface area contributed by atoms with E-state index in [2.05, 4.69) is 38.1 Å². The molecule has 0 amide bonds. The number of nitrogens with two attached hydrogens (primary N) is 1. The molecule has 0 radical (unpaired) electrons. The summed E-state index contributed by atoms with van der Waals surface area (Å²) in [6.07, 6.45) is 3.48. The molecule has 17 heavy (non-hydrogen) atoms. The van der Waals surface area contributed by atoms with Crippen molar-refractivity contribution >= 4 is 5.78 Å². The van der Waals surface area contributed by atoms with Crippen LogP contribution in [0.25, 0.3) is 0 Å². The molecule has 0 spiro atoms. The van der Waals surface area contributed by atoms with Crippen LogP contribution in [0, 0.1) is 5.92 Å². The van der Waals surface area contributed by atoms with Crippen LogP contribution in [0.2, 0.25) is 0 Å². The average molecular weight is 233 g/mol. The number of aryl methyl sites for hydroxylation is 1. The van der Waals surface area contributed by atoms with E-state index in [0.29, 0.717) is 13.0 Å². The first-order valence-corrected chi connectivity index (χ1v) is 6.51. The van der Waals surface area contributed by atoms with Crippen molar-refractivity contribution in [2.24, 2.45) is 11.7 Å². The largest absolute Gasteiger partial charge is 0.330 e.